The highest BCUT2D eigenvalue weighted by Crippen LogP contribution is 2.48. The van der Waals surface area contributed by atoms with E-state index in [9.17, 15) is 0 Å². The van der Waals surface area contributed by atoms with Crippen LogP contribution in [0.3, 0.4) is 0 Å². The molecule has 1 aliphatic carbocycles. The number of rotatable bonds is 3. The van der Waals surface area contributed by atoms with Gasteiger partial charge >= 0.3 is 0 Å². The van der Waals surface area contributed by atoms with Crippen LogP contribution in [0.15, 0.2) is 0 Å². The van der Waals surface area contributed by atoms with E-state index >= 15 is 0 Å². The number of hydrogen-bond donors (Lipinski definition) is 1. The Bertz CT molecular complexity index is 156. The average molecular weight is 171 g/mol. The lowest BCUT2D eigenvalue weighted by Gasteiger charge is -2.27. The van der Waals surface area contributed by atoms with E-state index in [1.165, 1.54) is 24.3 Å². The monoisotopic (exact) mass is 171 g/mol. The minimum absolute atomic E-state index is 0.653. The van der Waals surface area contributed by atoms with E-state index in [1.54, 1.807) is 0 Å². The zero-order valence-corrected chi connectivity index (χ0v) is 8.21. The molecule has 0 spiro atoms. The Morgan fingerprint density at radius 1 is 1.55 bits per heavy atom. The summed E-state index contributed by atoms with van der Waals surface area (Å²) in [6, 6.07) is 1.69. The van der Waals surface area contributed by atoms with E-state index < -0.39 is 0 Å². The molecule has 1 aliphatic heterocycles. The molecule has 64 valence electrons. The summed E-state index contributed by atoms with van der Waals surface area (Å²) in [7, 11) is 0. The zero-order chi connectivity index (χ0) is 7.90. The molecule has 1 N–H and O–H groups in total. The first-order valence-electron chi connectivity index (χ1n) is 4.58. The van der Waals surface area contributed by atoms with Crippen molar-refractivity contribution in [2.45, 2.75) is 38.8 Å². The summed E-state index contributed by atoms with van der Waals surface area (Å²) in [4.78, 5) is 0. The molecule has 1 saturated heterocycles. The summed E-state index contributed by atoms with van der Waals surface area (Å²) in [5.41, 5.74) is 0.653. The van der Waals surface area contributed by atoms with Crippen molar-refractivity contribution in [3.63, 3.8) is 0 Å². The Balaban J connectivity index is 1.73. The van der Waals surface area contributed by atoms with Crippen molar-refractivity contribution in [1.82, 2.24) is 5.32 Å². The quantitative estimate of drug-likeness (QED) is 0.696. The van der Waals surface area contributed by atoms with Crippen molar-refractivity contribution in [2.75, 3.05) is 11.5 Å². The van der Waals surface area contributed by atoms with Gasteiger partial charge in [-0.15, -0.1) is 0 Å². The highest BCUT2D eigenvalue weighted by atomic mass is 32.2. The Kier molecular flexibility index (Phi) is 1.92. The molecule has 2 unspecified atom stereocenters. The van der Waals surface area contributed by atoms with Gasteiger partial charge in [0, 0.05) is 23.6 Å². The molecule has 2 fully saturated rings. The van der Waals surface area contributed by atoms with Crippen molar-refractivity contribution < 1.29 is 0 Å². The van der Waals surface area contributed by atoms with Crippen molar-refractivity contribution in [3.05, 3.63) is 0 Å². The molecule has 0 radical (unpaired) electrons. The van der Waals surface area contributed by atoms with Gasteiger partial charge in [0.25, 0.3) is 0 Å². The Labute approximate surface area is 73.3 Å². The minimum atomic E-state index is 0.653. The van der Waals surface area contributed by atoms with Gasteiger partial charge in [-0.3, -0.25) is 0 Å². The first-order valence-corrected chi connectivity index (χ1v) is 5.74. The van der Waals surface area contributed by atoms with Gasteiger partial charge in [-0.2, -0.15) is 11.8 Å². The summed E-state index contributed by atoms with van der Waals surface area (Å²) < 4.78 is 0. The summed E-state index contributed by atoms with van der Waals surface area (Å²) in [6.07, 6.45) is 2.75. The van der Waals surface area contributed by atoms with Crippen LogP contribution in [0.5, 0.6) is 0 Å². The molecule has 0 aromatic rings. The topological polar surface area (TPSA) is 12.0 Å². The number of nitrogens with one attached hydrogen (secondary N) is 1. The zero-order valence-electron chi connectivity index (χ0n) is 7.39. The first kappa shape index (κ1) is 7.93. The van der Waals surface area contributed by atoms with Crippen molar-refractivity contribution in [1.29, 1.82) is 0 Å². The van der Waals surface area contributed by atoms with Gasteiger partial charge < -0.3 is 5.32 Å². The summed E-state index contributed by atoms with van der Waals surface area (Å²) in [5.74, 6) is 2.69. The highest BCUT2D eigenvalue weighted by molar-refractivity contribution is 8.00. The maximum Gasteiger partial charge on any atom is 0.0251 e. The fourth-order valence-corrected chi connectivity index (χ4v) is 2.34. The van der Waals surface area contributed by atoms with Crippen LogP contribution in [0, 0.1) is 5.41 Å². The van der Waals surface area contributed by atoms with Gasteiger partial charge in [0.2, 0.25) is 0 Å². The van der Waals surface area contributed by atoms with Crippen LogP contribution in [0.1, 0.15) is 26.7 Å². The lowest BCUT2D eigenvalue weighted by molar-refractivity contribution is 0.456. The smallest absolute Gasteiger partial charge is 0.0251 e. The van der Waals surface area contributed by atoms with Crippen LogP contribution in [0.25, 0.3) is 0 Å². The second kappa shape index (κ2) is 2.67. The van der Waals surface area contributed by atoms with E-state index in [2.05, 4.69) is 30.9 Å². The first-order chi connectivity index (χ1) is 5.24. The molecule has 2 atom stereocenters. The third kappa shape index (κ3) is 1.43. The maximum atomic E-state index is 3.71. The summed E-state index contributed by atoms with van der Waals surface area (Å²) >= 11 is 2.06. The maximum absolute atomic E-state index is 3.71. The number of hydrogen-bond acceptors (Lipinski definition) is 2. The Morgan fingerprint density at radius 3 is 2.64 bits per heavy atom. The number of thioether (sulfide) groups is 1. The molecule has 2 rings (SSSR count). The summed E-state index contributed by atoms with van der Waals surface area (Å²) in [6.45, 7) is 4.70. The second-order valence-corrected chi connectivity index (χ2v) is 5.24. The SMILES string of the molecule is CCC1(C)CC1NC1CSC1. The summed E-state index contributed by atoms with van der Waals surface area (Å²) in [5, 5.41) is 3.71. The van der Waals surface area contributed by atoms with E-state index in [0.29, 0.717) is 5.41 Å². The van der Waals surface area contributed by atoms with E-state index in [4.69, 9.17) is 0 Å². The van der Waals surface area contributed by atoms with Gasteiger partial charge in [0.1, 0.15) is 0 Å². The van der Waals surface area contributed by atoms with Crippen LogP contribution in [-0.4, -0.2) is 23.6 Å². The average Bonchev–Trinajstić information content (AvgIpc) is 2.55. The fourth-order valence-electron chi connectivity index (χ4n) is 1.67. The van der Waals surface area contributed by atoms with Gasteiger partial charge in [-0.1, -0.05) is 13.8 Å². The van der Waals surface area contributed by atoms with Crippen LogP contribution < -0.4 is 5.32 Å². The molecule has 1 heterocycles. The van der Waals surface area contributed by atoms with Crippen molar-refractivity contribution >= 4 is 11.8 Å². The van der Waals surface area contributed by atoms with Crippen LogP contribution in [0.4, 0.5) is 0 Å². The molecule has 1 saturated carbocycles. The molecular weight excluding hydrogens is 154 g/mol. The predicted octanol–water partition coefficient (Wildman–Crippen LogP) is 1.88. The molecule has 0 amide bonds. The van der Waals surface area contributed by atoms with Crippen molar-refractivity contribution in [2.24, 2.45) is 5.41 Å². The van der Waals surface area contributed by atoms with E-state index in [0.717, 1.165) is 12.1 Å². The third-order valence-electron chi connectivity index (χ3n) is 3.23. The molecule has 1 nitrogen and oxygen atoms in total. The van der Waals surface area contributed by atoms with E-state index in [-0.39, 0.29) is 0 Å². The lowest BCUT2D eigenvalue weighted by Crippen LogP contribution is -2.42. The fraction of sp³-hybridized carbons (Fsp3) is 1.00. The standard InChI is InChI=1S/C9H17NS/c1-3-9(2)4-8(9)10-7-5-11-6-7/h7-8,10H,3-6H2,1-2H3. The van der Waals surface area contributed by atoms with Gasteiger partial charge in [-0.25, -0.2) is 0 Å². The molecule has 2 aliphatic rings. The van der Waals surface area contributed by atoms with Gasteiger partial charge in [-0.05, 0) is 18.3 Å². The largest absolute Gasteiger partial charge is 0.309 e. The Morgan fingerprint density at radius 2 is 2.27 bits per heavy atom. The predicted molar refractivity (Wildman–Crippen MR) is 51.1 cm³/mol. The lowest BCUT2D eigenvalue weighted by atomic mass is 10.1. The van der Waals surface area contributed by atoms with Crippen LogP contribution >= 0.6 is 11.8 Å². The van der Waals surface area contributed by atoms with Crippen LogP contribution in [0.2, 0.25) is 0 Å². The van der Waals surface area contributed by atoms with E-state index in [1.807, 2.05) is 0 Å². The third-order valence-corrected chi connectivity index (χ3v) is 4.51. The molecule has 0 aromatic carbocycles. The van der Waals surface area contributed by atoms with Gasteiger partial charge in [0.15, 0.2) is 0 Å². The van der Waals surface area contributed by atoms with Crippen LogP contribution in [-0.2, 0) is 0 Å². The molecule has 2 heteroatoms. The normalized spacial score (nSPS) is 43.6. The molecular formula is C9H17NS. The van der Waals surface area contributed by atoms with Crippen molar-refractivity contribution in [3.8, 4) is 0 Å². The minimum Gasteiger partial charge on any atom is -0.309 e. The van der Waals surface area contributed by atoms with Gasteiger partial charge in [0.05, 0.1) is 0 Å². The Hall–Kier alpha value is 0.310. The molecule has 11 heavy (non-hydrogen) atoms. The molecule has 0 bridgehead atoms. The second-order valence-electron chi connectivity index (χ2n) is 4.17. The highest BCUT2D eigenvalue weighted by Gasteiger charge is 2.49. The molecule has 0 aromatic heterocycles.